The molecule has 0 spiro atoms. The topological polar surface area (TPSA) is 13.1 Å². The molecule has 0 fully saturated rings. The van der Waals surface area contributed by atoms with Gasteiger partial charge in [-0.1, -0.05) is 178 Å². The number of benzene rings is 11. The SMILES string of the molecule is CC1(C)c2ccc(-c3ccc4oc5ccc(-c6c7ccccc7c(-c7ccccc7-c7cccc8ccccc78)c7ccccc67)cc5c4c3)cc2-c2cc3ccccc3cc21. The van der Waals surface area contributed by atoms with Gasteiger partial charge in [-0.25, -0.2) is 0 Å². The molecular weight excluding hydrogens is 749 g/mol. The van der Waals surface area contributed by atoms with Crippen LogP contribution in [0.2, 0.25) is 0 Å². The van der Waals surface area contributed by atoms with Crippen molar-refractivity contribution in [2.24, 2.45) is 0 Å². The maximum absolute atomic E-state index is 6.56. The summed E-state index contributed by atoms with van der Waals surface area (Å²) in [5.74, 6) is 0. The predicted molar refractivity (Wildman–Crippen MR) is 263 cm³/mol. The number of fused-ring (bicyclic) bond motifs is 10. The Balaban J connectivity index is 0.983. The van der Waals surface area contributed by atoms with Crippen LogP contribution in [0.3, 0.4) is 0 Å². The van der Waals surface area contributed by atoms with E-state index in [4.69, 9.17) is 4.42 Å². The fourth-order valence-electron chi connectivity index (χ4n) is 10.9. The molecule has 0 N–H and O–H groups in total. The molecule has 1 heterocycles. The minimum absolute atomic E-state index is 0.0684. The molecule has 1 aromatic heterocycles. The van der Waals surface area contributed by atoms with Gasteiger partial charge in [0, 0.05) is 16.2 Å². The van der Waals surface area contributed by atoms with Crippen molar-refractivity contribution in [2.75, 3.05) is 0 Å². The Hall–Kier alpha value is -7.74. The molecule has 12 aromatic rings. The summed E-state index contributed by atoms with van der Waals surface area (Å²) in [5.41, 5.74) is 17.0. The van der Waals surface area contributed by atoms with Gasteiger partial charge in [-0.2, -0.15) is 0 Å². The minimum Gasteiger partial charge on any atom is -0.456 e. The molecule has 0 amide bonds. The molecule has 1 aliphatic rings. The van der Waals surface area contributed by atoms with Crippen molar-refractivity contribution in [3.05, 3.63) is 217 Å². The van der Waals surface area contributed by atoms with Crippen LogP contribution in [0.15, 0.2) is 211 Å². The Morgan fingerprint density at radius 2 is 0.774 bits per heavy atom. The van der Waals surface area contributed by atoms with Crippen LogP contribution in [0.25, 0.3) is 121 Å². The molecule has 13 rings (SSSR count). The zero-order valence-electron chi connectivity index (χ0n) is 34.5. The summed E-state index contributed by atoms with van der Waals surface area (Å²) in [4.78, 5) is 0. The standard InChI is InChI=1S/C61H40O/c1-61(2)55-29-26-40(33-51(55)52-32-38-15-3-4-16-39(38)36-56(52)61)41-27-30-57-53(34-41)54-35-42(28-31-58(54)62-57)59-47-21-9-11-23-49(47)60(50-24-12-10-22-48(50)59)46-20-8-7-19-45(46)44-25-13-17-37-14-5-6-18-43(37)44/h3-36H,1-2H3. The van der Waals surface area contributed by atoms with E-state index in [1.807, 2.05) is 0 Å². The fourth-order valence-corrected chi connectivity index (χ4v) is 10.9. The second kappa shape index (κ2) is 13.1. The first-order valence-corrected chi connectivity index (χ1v) is 21.7. The predicted octanol–water partition coefficient (Wildman–Crippen LogP) is 17.2. The summed E-state index contributed by atoms with van der Waals surface area (Å²) in [6.07, 6.45) is 0. The van der Waals surface area contributed by atoms with Crippen LogP contribution in [0.4, 0.5) is 0 Å². The molecule has 62 heavy (non-hydrogen) atoms. The van der Waals surface area contributed by atoms with Crippen molar-refractivity contribution in [3.63, 3.8) is 0 Å². The van der Waals surface area contributed by atoms with Crippen molar-refractivity contribution in [3.8, 4) is 55.6 Å². The molecule has 0 unspecified atom stereocenters. The summed E-state index contributed by atoms with van der Waals surface area (Å²) < 4.78 is 6.56. The van der Waals surface area contributed by atoms with Crippen LogP contribution >= 0.6 is 0 Å². The quantitative estimate of drug-likeness (QED) is 0.162. The molecule has 1 nitrogen and oxygen atoms in total. The van der Waals surface area contributed by atoms with Gasteiger partial charge in [0.15, 0.2) is 0 Å². The maximum atomic E-state index is 6.56. The van der Waals surface area contributed by atoms with Crippen LogP contribution in [0, 0.1) is 0 Å². The van der Waals surface area contributed by atoms with Crippen LogP contribution in [-0.2, 0) is 5.41 Å². The number of hydrogen-bond donors (Lipinski definition) is 0. The largest absolute Gasteiger partial charge is 0.456 e. The first-order chi connectivity index (χ1) is 30.5. The molecule has 0 bridgehead atoms. The normalized spacial score (nSPS) is 13.1. The summed E-state index contributed by atoms with van der Waals surface area (Å²) in [6.45, 7) is 4.72. The Bertz CT molecular complexity index is 3780. The number of furan rings is 1. The van der Waals surface area contributed by atoms with E-state index in [1.54, 1.807) is 0 Å². The highest BCUT2D eigenvalue weighted by atomic mass is 16.3. The third-order valence-corrected chi connectivity index (χ3v) is 13.8. The van der Waals surface area contributed by atoms with Gasteiger partial charge in [-0.05, 0) is 152 Å². The molecule has 0 atom stereocenters. The molecule has 0 radical (unpaired) electrons. The third kappa shape index (κ3) is 5.09. The van der Waals surface area contributed by atoms with Crippen LogP contribution in [0.5, 0.6) is 0 Å². The lowest BCUT2D eigenvalue weighted by molar-refractivity contribution is 0.661. The van der Waals surface area contributed by atoms with E-state index in [9.17, 15) is 0 Å². The van der Waals surface area contributed by atoms with Gasteiger partial charge in [-0.15, -0.1) is 0 Å². The molecule has 0 saturated carbocycles. The third-order valence-electron chi connectivity index (χ3n) is 13.8. The van der Waals surface area contributed by atoms with Crippen LogP contribution < -0.4 is 0 Å². The summed E-state index contributed by atoms with van der Waals surface area (Å²) in [6, 6.07) is 76.2. The van der Waals surface area contributed by atoms with Crippen LogP contribution in [0.1, 0.15) is 25.0 Å². The molecule has 1 heteroatoms. The fraction of sp³-hybridized carbons (Fsp3) is 0.0492. The van der Waals surface area contributed by atoms with E-state index in [0.717, 1.165) is 21.9 Å². The van der Waals surface area contributed by atoms with Gasteiger partial charge < -0.3 is 4.42 Å². The lowest BCUT2D eigenvalue weighted by Gasteiger charge is -2.22. The first-order valence-electron chi connectivity index (χ1n) is 21.7. The number of hydrogen-bond acceptors (Lipinski definition) is 1. The Kier molecular flexibility index (Phi) is 7.42. The molecular formula is C61H40O. The zero-order valence-corrected chi connectivity index (χ0v) is 34.5. The van der Waals surface area contributed by atoms with Gasteiger partial charge in [0.1, 0.15) is 11.2 Å². The molecule has 290 valence electrons. The summed E-state index contributed by atoms with van der Waals surface area (Å²) in [5, 5.41) is 12.3. The zero-order chi connectivity index (χ0) is 41.1. The van der Waals surface area contributed by atoms with E-state index in [1.165, 1.54) is 110 Å². The monoisotopic (exact) mass is 788 g/mol. The Morgan fingerprint density at radius 1 is 0.290 bits per heavy atom. The van der Waals surface area contributed by atoms with Crippen LogP contribution in [-0.4, -0.2) is 0 Å². The van der Waals surface area contributed by atoms with E-state index in [-0.39, 0.29) is 5.41 Å². The lowest BCUT2D eigenvalue weighted by Crippen LogP contribution is -2.14. The molecule has 11 aromatic carbocycles. The second-order valence-corrected chi connectivity index (χ2v) is 17.6. The van der Waals surface area contributed by atoms with Gasteiger partial charge >= 0.3 is 0 Å². The first kappa shape index (κ1) is 35.1. The molecule has 0 saturated heterocycles. The van der Waals surface area contributed by atoms with E-state index >= 15 is 0 Å². The smallest absolute Gasteiger partial charge is 0.135 e. The Morgan fingerprint density at radius 3 is 1.48 bits per heavy atom. The minimum atomic E-state index is -0.0684. The van der Waals surface area contributed by atoms with E-state index in [0.29, 0.717) is 0 Å². The van der Waals surface area contributed by atoms with Gasteiger partial charge in [0.2, 0.25) is 0 Å². The number of rotatable bonds is 4. The van der Waals surface area contributed by atoms with Crippen molar-refractivity contribution in [1.82, 2.24) is 0 Å². The van der Waals surface area contributed by atoms with E-state index in [2.05, 4.69) is 220 Å². The molecule has 1 aliphatic carbocycles. The van der Waals surface area contributed by atoms with Gasteiger partial charge in [0.05, 0.1) is 0 Å². The second-order valence-electron chi connectivity index (χ2n) is 17.6. The average molecular weight is 789 g/mol. The maximum Gasteiger partial charge on any atom is 0.135 e. The van der Waals surface area contributed by atoms with Gasteiger partial charge in [0.25, 0.3) is 0 Å². The van der Waals surface area contributed by atoms with Crippen molar-refractivity contribution >= 4 is 65.0 Å². The highest BCUT2D eigenvalue weighted by Gasteiger charge is 2.36. The van der Waals surface area contributed by atoms with Crippen molar-refractivity contribution < 1.29 is 4.42 Å². The highest BCUT2D eigenvalue weighted by Crippen LogP contribution is 2.52. The summed E-state index contributed by atoms with van der Waals surface area (Å²) >= 11 is 0. The Labute approximate surface area is 360 Å². The van der Waals surface area contributed by atoms with E-state index < -0.39 is 0 Å². The van der Waals surface area contributed by atoms with Crippen molar-refractivity contribution in [2.45, 2.75) is 19.3 Å². The highest BCUT2D eigenvalue weighted by molar-refractivity contribution is 6.23. The van der Waals surface area contributed by atoms with Crippen molar-refractivity contribution in [1.29, 1.82) is 0 Å². The lowest BCUT2D eigenvalue weighted by atomic mass is 9.81. The molecule has 0 aliphatic heterocycles. The van der Waals surface area contributed by atoms with Gasteiger partial charge in [-0.3, -0.25) is 0 Å². The average Bonchev–Trinajstić information content (AvgIpc) is 3.79. The summed E-state index contributed by atoms with van der Waals surface area (Å²) in [7, 11) is 0.